The van der Waals surface area contributed by atoms with Crippen molar-refractivity contribution in [1.82, 2.24) is 5.32 Å². The number of carbonyl (C=O) groups is 1. The van der Waals surface area contributed by atoms with Gasteiger partial charge in [-0.25, -0.2) is 8.42 Å². The highest BCUT2D eigenvalue weighted by atomic mass is 32.2. The summed E-state index contributed by atoms with van der Waals surface area (Å²) in [6, 6.07) is 7.40. The molecule has 0 spiro atoms. The summed E-state index contributed by atoms with van der Waals surface area (Å²) in [6.07, 6.45) is 8.69. The SMILES string of the molecule is Cc1ccc(N(CCCC(=O)NCCSC2CCCCC2)S(C)(=O)=O)cc1. The summed E-state index contributed by atoms with van der Waals surface area (Å²) >= 11 is 1.97. The van der Waals surface area contributed by atoms with E-state index in [-0.39, 0.29) is 5.91 Å². The third-order valence-corrected chi connectivity index (χ3v) is 7.39. The van der Waals surface area contributed by atoms with Crippen LogP contribution in [0.3, 0.4) is 0 Å². The molecule has 7 heteroatoms. The van der Waals surface area contributed by atoms with Gasteiger partial charge in [-0.15, -0.1) is 0 Å². The van der Waals surface area contributed by atoms with Crippen LogP contribution >= 0.6 is 11.8 Å². The fourth-order valence-corrected chi connectivity index (χ4v) is 5.50. The predicted molar refractivity (Wildman–Crippen MR) is 115 cm³/mol. The molecule has 1 fully saturated rings. The Morgan fingerprint density at radius 1 is 1.19 bits per heavy atom. The molecule has 0 aromatic heterocycles. The second kappa shape index (κ2) is 11.0. The van der Waals surface area contributed by atoms with Crippen LogP contribution in [0.4, 0.5) is 5.69 Å². The van der Waals surface area contributed by atoms with E-state index < -0.39 is 10.0 Å². The van der Waals surface area contributed by atoms with Crippen LogP contribution in [0.25, 0.3) is 0 Å². The number of aryl methyl sites for hydroxylation is 1. The lowest BCUT2D eigenvalue weighted by Gasteiger charge is -2.22. The first-order valence-electron chi connectivity index (χ1n) is 9.79. The zero-order valence-electron chi connectivity index (χ0n) is 16.4. The maximum absolute atomic E-state index is 12.1. The molecular formula is C20H32N2O3S2. The van der Waals surface area contributed by atoms with Gasteiger partial charge in [-0.3, -0.25) is 9.10 Å². The molecule has 1 saturated carbocycles. The smallest absolute Gasteiger partial charge is 0.232 e. The zero-order valence-corrected chi connectivity index (χ0v) is 18.1. The summed E-state index contributed by atoms with van der Waals surface area (Å²) in [5, 5.41) is 3.71. The molecule has 0 saturated heterocycles. The van der Waals surface area contributed by atoms with Crippen molar-refractivity contribution >= 4 is 33.4 Å². The van der Waals surface area contributed by atoms with Gasteiger partial charge in [0.2, 0.25) is 15.9 Å². The van der Waals surface area contributed by atoms with E-state index in [2.05, 4.69) is 5.32 Å². The normalized spacial score (nSPS) is 15.5. The molecule has 0 bridgehead atoms. The van der Waals surface area contributed by atoms with Crippen molar-refractivity contribution in [2.75, 3.05) is 29.4 Å². The number of amides is 1. The van der Waals surface area contributed by atoms with Gasteiger partial charge in [0, 0.05) is 30.5 Å². The molecule has 2 rings (SSSR count). The molecule has 0 unspecified atom stereocenters. The van der Waals surface area contributed by atoms with Crippen LogP contribution in [0.15, 0.2) is 24.3 Å². The van der Waals surface area contributed by atoms with E-state index in [1.54, 1.807) is 12.1 Å². The van der Waals surface area contributed by atoms with Crippen LogP contribution in [-0.4, -0.2) is 44.7 Å². The van der Waals surface area contributed by atoms with E-state index in [4.69, 9.17) is 0 Å². The minimum absolute atomic E-state index is 0.00315. The number of hydrogen-bond donors (Lipinski definition) is 1. The van der Waals surface area contributed by atoms with Crippen molar-refractivity contribution in [3.05, 3.63) is 29.8 Å². The fraction of sp³-hybridized carbons (Fsp3) is 0.650. The molecule has 1 N–H and O–H groups in total. The van der Waals surface area contributed by atoms with Gasteiger partial charge in [-0.2, -0.15) is 11.8 Å². The van der Waals surface area contributed by atoms with Crippen LogP contribution in [-0.2, 0) is 14.8 Å². The van der Waals surface area contributed by atoms with E-state index in [0.29, 0.717) is 31.6 Å². The first kappa shape index (κ1) is 22.1. The molecule has 152 valence electrons. The van der Waals surface area contributed by atoms with Crippen LogP contribution in [0.2, 0.25) is 0 Å². The Morgan fingerprint density at radius 2 is 1.85 bits per heavy atom. The van der Waals surface area contributed by atoms with Gasteiger partial charge in [0.25, 0.3) is 0 Å². The third kappa shape index (κ3) is 8.13. The summed E-state index contributed by atoms with van der Waals surface area (Å²) in [6.45, 7) is 2.96. The van der Waals surface area contributed by atoms with E-state index >= 15 is 0 Å². The molecule has 5 nitrogen and oxygen atoms in total. The lowest BCUT2D eigenvalue weighted by Crippen LogP contribution is -2.32. The van der Waals surface area contributed by atoms with Crippen LogP contribution < -0.4 is 9.62 Å². The maximum Gasteiger partial charge on any atom is 0.232 e. The standard InChI is InChI=1S/C20H32N2O3S2/c1-17-10-12-18(13-11-17)22(27(2,24)25)15-6-9-20(23)21-14-16-26-19-7-4-3-5-8-19/h10-13,19H,3-9,14-16H2,1-2H3,(H,21,23). The molecule has 1 aromatic carbocycles. The first-order valence-corrected chi connectivity index (χ1v) is 12.7. The van der Waals surface area contributed by atoms with Gasteiger partial charge in [0.1, 0.15) is 0 Å². The quantitative estimate of drug-likeness (QED) is 0.595. The number of sulfonamides is 1. The van der Waals surface area contributed by atoms with Crippen molar-refractivity contribution in [3.63, 3.8) is 0 Å². The number of nitrogens with zero attached hydrogens (tertiary/aromatic N) is 1. The Bertz CT molecular complexity index is 684. The van der Waals surface area contributed by atoms with Crippen LogP contribution in [0, 0.1) is 6.92 Å². The highest BCUT2D eigenvalue weighted by Gasteiger charge is 2.17. The number of carbonyl (C=O) groups excluding carboxylic acids is 1. The van der Waals surface area contributed by atoms with Gasteiger partial charge in [-0.05, 0) is 38.3 Å². The Kier molecular flexibility index (Phi) is 8.96. The van der Waals surface area contributed by atoms with Crippen molar-refractivity contribution in [2.45, 2.75) is 57.1 Å². The monoisotopic (exact) mass is 412 g/mol. The summed E-state index contributed by atoms with van der Waals surface area (Å²) < 4.78 is 25.5. The summed E-state index contributed by atoms with van der Waals surface area (Å²) in [4.78, 5) is 12.0. The first-order chi connectivity index (χ1) is 12.9. The average Bonchev–Trinajstić information content (AvgIpc) is 2.63. The van der Waals surface area contributed by atoms with Crippen molar-refractivity contribution in [1.29, 1.82) is 0 Å². The Morgan fingerprint density at radius 3 is 2.48 bits per heavy atom. The molecule has 0 atom stereocenters. The molecule has 0 aliphatic heterocycles. The van der Waals surface area contributed by atoms with Crippen molar-refractivity contribution in [2.24, 2.45) is 0 Å². The maximum atomic E-state index is 12.1. The van der Waals surface area contributed by atoms with Crippen molar-refractivity contribution in [3.8, 4) is 0 Å². The molecular weight excluding hydrogens is 380 g/mol. The average molecular weight is 413 g/mol. The van der Waals surface area contributed by atoms with E-state index in [9.17, 15) is 13.2 Å². The van der Waals surface area contributed by atoms with Gasteiger partial charge in [-0.1, -0.05) is 37.0 Å². The van der Waals surface area contributed by atoms with E-state index in [1.165, 1.54) is 42.7 Å². The highest BCUT2D eigenvalue weighted by Crippen LogP contribution is 2.27. The minimum Gasteiger partial charge on any atom is -0.355 e. The molecule has 27 heavy (non-hydrogen) atoms. The molecule has 0 heterocycles. The lowest BCUT2D eigenvalue weighted by atomic mass is 10.0. The summed E-state index contributed by atoms with van der Waals surface area (Å²) in [7, 11) is -3.36. The Hall–Kier alpha value is -1.21. The highest BCUT2D eigenvalue weighted by molar-refractivity contribution is 7.99. The summed E-state index contributed by atoms with van der Waals surface area (Å²) in [5.41, 5.74) is 1.73. The second-order valence-electron chi connectivity index (χ2n) is 7.25. The topological polar surface area (TPSA) is 66.5 Å². The number of thioether (sulfide) groups is 1. The zero-order chi connectivity index (χ0) is 19.7. The number of nitrogens with one attached hydrogen (secondary N) is 1. The molecule has 1 amide bonds. The predicted octanol–water partition coefficient (Wildman–Crippen LogP) is 3.72. The van der Waals surface area contributed by atoms with E-state index in [1.807, 2.05) is 30.8 Å². The largest absolute Gasteiger partial charge is 0.355 e. The minimum atomic E-state index is -3.36. The molecule has 1 aliphatic rings. The second-order valence-corrected chi connectivity index (χ2v) is 10.6. The Labute approximate surface area is 168 Å². The lowest BCUT2D eigenvalue weighted by molar-refractivity contribution is -0.121. The van der Waals surface area contributed by atoms with Crippen LogP contribution in [0.1, 0.15) is 50.5 Å². The third-order valence-electron chi connectivity index (χ3n) is 4.82. The van der Waals surface area contributed by atoms with Crippen LogP contribution in [0.5, 0.6) is 0 Å². The van der Waals surface area contributed by atoms with Gasteiger partial charge in [0.05, 0.1) is 11.9 Å². The number of benzene rings is 1. The van der Waals surface area contributed by atoms with E-state index in [0.717, 1.165) is 16.6 Å². The van der Waals surface area contributed by atoms with Crippen molar-refractivity contribution < 1.29 is 13.2 Å². The van der Waals surface area contributed by atoms with Gasteiger partial charge >= 0.3 is 0 Å². The number of rotatable bonds is 10. The fourth-order valence-electron chi connectivity index (χ4n) is 3.32. The number of anilines is 1. The molecule has 0 radical (unpaired) electrons. The molecule has 1 aliphatic carbocycles. The summed E-state index contributed by atoms with van der Waals surface area (Å²) in [5.74, 6) is 0.950. The Balaban J connectivity index is 1.69. The van der Waals surface area contributed by atoms with Gasteiger partial charge < -0.3 is 5.32 Å². The molecule has 1 aromatic rings. The van der Waals surface area contributed by atoms with Gasteiger partial charge in [0.15, 0.2) is 0 Å². The number of hydrogen-bond acceptors (Lipinski definition) is 4.